The van der Waals surface area contributed by atoms with Crippen LogP contribution in [0.25, 0.3) is 0 Å². The van der Waals surface area contributed by atoms with E-state index in [0.717, 1.165) is 0 Å². The molecule has 1 aromatic carbocycles. The number of nitrogens with two attached hydrogens (primary N) is 1. The second-order valence-corrected chi connectivity index (χ2v) is 6.17. The minimum atomic E-state index is -3.61. The Kier molecular flexibility index (Phi) is 4.33. The summed E-state index contributed by atoms with van der Waals surface area (Å²) in [6.45, 7) is 3.37. The van der Waals surface area contributed by atoms with E-state index in [0.29, 0.717) is 11.3 Å². The number of anilines is 1. The molecule has 0 radical (unpaired) electrons. The topological polar surface area (TPSA) is 87.2 Å². The molecule has 0 aliphatic rings. The highest BCUT2D eigenvalue weighted by atomic mass is 32.2. The van der Waals surface area contributed by atoms with Gasteiger partial charge in [-0.15, -0.1) is 0 Å². The largest absolute Gasteiger partial charge is 0.398 e. The van der Waals surface area contributed by atoms with Crippen LogP contribution in [0.1, 0.15) is 18.9 Å². The summed E-state index contributed by atoms with van der Waals surface area (Å²) in [5, 5.41) is 8.63. The van der Waals surface area contributed by atoms with Crippen molar-refractivity contribution in [2.75, 3.05) is 12.8 Å². The van der Waals surface area contributed by atoms with Gasteiger partial charge in [0.15, 0.2) is 0 Å². The predicted molar refractivity (Wildman–Crippen MR) is 70.2 cm³/mol. The zero-order valence-electron chi connectivity index (χ0n) is 10.7. The van der Waals surface area contributed by atoms with Crippen molar-refractivity contribution in [1.29, 1.82) is 5.26 Å². The van der Waals surface area contributed by atoms with Crippen molar-refractivity contribution >= 4 is 15.7 Å². The number of nitrogen functional groups attached to an aromatic ring is 1. The molecular weight excluding hydrogens is 250 g/mol. The molecule has 0 heterocycles. The van der Waals surface area contributed by atoms with Gasteiger partial charge in [-0.1, -0.05) is 6.07 Å². The van der Waals surface area contributed by atoms with Crippen molar-refractivity contribution in [3.05, 3.63) is 23.8 Å². The van der Waals surface area contributed by atoms with Crippen molar-refractivity contribution in [2.45, 2.75) is 31.2 Å². The molecule has 1 unspecified atom stereocenters. The van der Waals surface area contributed by atoms with Gasteiger partial charge in [0.1, 0.15) is 0 Å². The molecule has 6 heteroatoms. The SMILES string of the molecule is Cc1c(N)cccc1S(=O)(=O)N(C)C(C)CC#N. The molecular formula is C12H17N3O2S. The number of hydrogen-bond acceptors (Lipinski definition) is 4. The zero-order chi connectivity index (χ0) is 13.9. The maximum Gasteiger partial charge on any atom is 0.243 e. The minimum Gasteiger partial charge on any atom is -0.398 e. The highest BCUT2D eigenvalue weighted by Crippen LogP contribution is 2.24. The van der Waals surface area contributed by atoms with Gasteiger partial charge in [-0.3, -0.25) is 0 Å². The van der Waals surface area contributed by atoms with E-state index in [1.165, 1.54) is 17.4 Å². The summed E-state index contributed by atoms with van der Waals surface area (Å²) < 4.78 is 26.0. The van der Waals surface area contributed by atoms with Crippen LogP contribution in [-0.2, 0) is 10.0 Å². The molecule has 2 N–H and O–H groups in total. The maximum absolute atomic E-state index is 12.4. The molecule has 5 nitrogen and oxygen atoms in total. The van der Waals surface area contributed by atoms with E-state index in [1.54, 1.807) is 26.0 Å². The third-order valence-electron chi connectivity index (χ3n) is 2.99. The van der Waals surface area contributed by atoms with Gasteiger partial charge < -0.3 is 5.73 Å². The molecule has 0 spiro atoms. The van der Waals surface area contributed by atoms with Gasteiger partial charge in [-0.05, 0) is 31.5 Å². The van der Waals surface area contributed by atoms with E-state index in [9.17, 15) is 8.42 Å². The van der Waals surface area contributed by atoms with Crippen LogP contribution in [0.4, 0.5) is 5.69 Å². The fourth-order valence-electron chi connectivity index (χ4n) is 1.56. The van der Waals surface area contributed by atoms with Gasteiger partial charge in [0.05, 0.1) is 17.4 Å². The molecule has 1 rings (SSSR count). The number of benzene rings is 1. The number of hydrogen-bond donors (Lipinski definition) is 1. The molecule has 1 aromatic rings. The first-order chi connectivity index (χ1) is 8.32. The van der Waals surface area contributed by atoms with E-state index in [2.05, 4.69) is 0 Å². The summed E-state index contributed by atoms with van der Waals surface area (Å²) in [6, 6.07) is 6.39. The predicted octanol–water partition coefficient (Wildman–Crippen LogP) is 1.50. The summed E-state index contributed by atoms with van der Waals surface area (Å²) in [5.41, 5.74) is 6.69. The van der Waals surface area contributed by atoms with Crippen LogP contribution in [0.2, 0.25) is 0 Å². The summed E-state index contributed by atoms with van der Waals surface area (Å²) in [5.74, 6) is 0. The van der Waals surface area contributed by atoms with E-state index < -0.39 is 10.0 Å². The fourth-order valence-corrected chi connectivity index (χ4v) is 3.18. The highest BCUT2D eigenvalue weighted by Gasteiger charge is 2.27. The molecule has 0 amide bonds. The number of nitriles is 1. The summed E-state index contributed by atoms with van der Waals surface area (Å²) in [7, 11) is -2.14. The monoisotopic (exact) mass is 267 g/mol. The van der Waals surface area contributed by atoms with Gasteiger partial charge in [0, 0.05) is 18.8 Å². The van der Waals surface area contributed by atoms with E-state index in [-0.39, 0.29) is 17.4 Å². The third kappa shape index (κ3) is 2.63. The standard InChI is InChI=1S/C12H17N3O2S/c1-9(7-8-13)15(3)18(16,17)12-6-4-5-11(14)10(12)2/h4-6,9H,7,14H2,1-3H3. The minimum absolute atomic E-state index is 0.150. The van der Waals surface area contributed by atoms with Gasteiger partial charge in [0.25, 0.3) is 0 Å². The molecule has 98 valence electrons. The molecule has 0 aliphatic carbocycles. The Labute approximate surface area is 108 Å². The second-order valence-electron chi connectivity index (χ2n) is 4.20. The molecule has 1 atom stereocenters. The Morgan fingerprint density at radius 1 is 1.50 bits per heavy atom. The highest BCUT2D eigenvalue weighted by molar-refractivity contribution is 7.89. The van der Waals surface area contributed by atoms with Crippen LogP contribution in [0.15, 0.2) is 23.1 Å². The van der Waals surface area contributed by atoms with Crippen LogP contribution in [0.3, 0.4) is 0 Å². The number of nitrogens with zero attached hydrogens (tertiary/aromatic N) is 2. The first kappa shape index (κ1) is 14.5. The van der Waals surface area contributed by atoms with Crippen LogP contribution >= 0.6 is 0 Å². The lowest BCUT2D eigenvalue weighted by Gasteiger charge is -2.23. The van der Waals surface area contributed by atoms with Gasteiger partial charge in [-0.25, -0.2) is 8.42 Å². The lowest BCUT2D eigenvalue weighted by atomic mass is 10.2. The van der Waals surface area contributed by atoms with Gasteiger partial charge in [-0.2, -0.15) is 9.57 Å². The first-order valence-electron chi connectivity index (χ1n) is 5.52. The Balaban J connectivity index is 3.23. The quantitative estimate of drug-likeness (QED) is 0.837. The molecule has 0 aromatic heterocycles. The zero-order valence-corrected chi connectivity index (χ0v) is 11.5. The lowest BCUT2D eigenvalue weighted by Crippen LogP contribution is -2.35. The van der Waals surface area contributed by atoms with E-state index in [4.69, 9.17) is 11.0 Å². The Bertz CT molecular complexity index is 575. The van der Waals surface area contributed by atoms with Crippen molar-refractivity contribution in [1.82, 2.24) is 4.31 Å². The Morgan fingerprint density at radius 2 is 2.11 bits per heavy atom. The molecule has 0 fully saturated rings. The van der Waals surface area contributed by atoms with Gasteiger partial charge in [0.2, 0.25) is 10.0 Å². The smallest absolute Gasteiger partial charge is 0.243 e. The Hall–Kier alpha value is -1.58. The molecule has 0 saturated carbocycles. The average Bonchev–Trinajstić information content (AvgIpc) is 2.31. The van der Waals surface area contributed by atoms with E-state index >= 15 is 0 Å². The van der Waals surface area contributed by atoms with Crippen molar-refractivity contribution < 1.29 is 8.42 Å². The van der Waals surface area contributed by atoms with Crippen LogP contribution < -0.4 is 5.73 Å². The van der Waals surface area contributed by atoms with Gasteiger partial charge >= 0.3 is 0 Å². The molecule has 0 aliphatic heterocycles. The third-order valence-corrected chi connectivity index (χ3v) is 5.11. The van der Waals surface area contributed by atoms with Crippen LogP contribution in [0, 0.1) is 18.3 Å². The van der Waals surface area contributed by atoms with E-state index in [1.807, 2.05) is 6.07 Å². The Morgan fingerprint density at radius 3 is 2.67 bits per heavy atom. The number of sulfonamides is 1. The summed E-state index contributed by atoms with van der Waals surface area (Å²) in [4.78, 5) is 0.190. The van der Waals surface area contributed by atoms with Crippen molar-refractivity contribution in [3.8, 4) is 6.07 Å². The molecule has 18 heavy (non-hydrogen) atoms. The van der Waals surface area contributed by atoms with Crippen molar-refractivity contribution in [3.63, 3.8) is 0 Å². The van der Waals surface area contributed by atoms with Crippen LogP contribution in [0.5, 0.6) is 0 Å². The summed E-state index contributed by atoms with van der Waals surface area (Å²) in [6.07, 6.45) is 0.150. The summed E-state index contributed by atoms with van der Waals surface area (Å²) >= 11 is 0. The first-order valence-corrected chi connectivity index (χ1v) is 6.96. The second kappa shape index (κ2) is 5.38. The molecule has 0 saturated heterocycles. The van der Waals surface area contributed by atoms with Crippen molar-refractivity contribution in [2.24, 2.45) is 0 Å². The van der Waals surface area contributed by atoms with Crippen LogP contribution in [-0.4, -0.2) is 25.8 Å². The molecule has 0 bridgehead atoms. The maximum atomic E-state index is 12.4. The number of rotatable bonds is 4. The average molecular weight is 267 g/mol. The normalized spacial score (nSPS) is 13.3. The lowest BCUT2D eigenvalue weighted by molar-refractivity contribution is 0.393. The fraction of sp³-hybridized carbons (Fsp3) is 0.417.